The van der Waals surface area contributed by atoms with E-state index in [1.54, 1.807) is 0 Å². The van der Waals surface area contributed by atoms with Crippen LogP contribution in [0.1, 0.15) is 64.2 Å². The molecule has 0 aromatic rings. The molecule has 0 heterocycles. The normalized spacial score (nSPS) is 33.6. The molecule has 2 saturated carbocycles. The van der Waals surface area contributed by atoms with Crippen LogP contribution >= 0.6 is 22.6 Å². The molecule has 2 aliphatic rings. The minimum absolute atomic E-state index is 0.567. The Hall–Kier alpha value is 0.690. The van der Waals surface area contributed by atoms with Gasteiger partial charge in [-0.05, 0) is 31.6 Å². The van der Waals surface area contributed by atoms with Gasteiger partial charge in [-0.1, -0.05) is 61.1 Å². The van der Waals surface area contributed by atoms with Crippen LogP contribution in [0.5, 0.6) is 0 Å². The zero-order chi connectivity index (χ0) is 11.2. The maximum Gasteiger partial charge on any atom is 0.0692 e. The van der Waals surface area contributed by atoms with Crippen LogP contribution in [0.4, 0.5) is 0 Å². The number of hydrogen-bond acceptors (Lipinski definition) is 1. The lowest BCUT2D eigenvalue weighted by molar-refractivity contribution is 0.0120. The summed E-state index contributed by atoms with van der Waals surface area (Å²) in [6, 6.07) is 0. The molecule has 2 rings (SSSR count). The Kier molecular flexibility index (Phi) is 5.91. The van der Waals surface area contributed by atoms with Gasteiger partial charge in [-0.15, -0.1) is 0 Å². The lowest BCUT2D eigenvalue weighted by atomic mass is 9.97. The largest absolute Gasteiger partial charge is 0.377 e. The van der Waals surface area contributed by atoms with Gasteiger partial charge in [0.25, 0.3) is 0 Å². The highest BCUT2D eigenvalue weighted by Gasteiger charge is 2.24. The predicted molar refractivity (Wildman–Crippen MR) is 77.2 cm³/mol. The topological polar surface area (TPSA) is 9.23 Å². The Morgan fingerprint density at radius 2 is 1.44 bits per heavy atom. The summed E-state index contributed by atoms with van der Waals surface area (Å²) < 4.78 is 6.96. The minimum Gasteiger partial charge on any atom is -0.377 e. The van der Waals surface area contributed by atoms with E-state index in [1.807, 2.05) is 0 Å². The van der Waals surface area contributed by atoms with Crippen LogP contribution in [0.3, 0.4) is 0 Å². The van der Waals surface area contributed by atoms with Crippen LogP contribution in [0.15, 0.2) is 0 Å². The van der Waals surface area contributed by atoms with E-state index in [2.05, 4.69) is 22.6 Å². The first-order chi connectivity index (χ1) is 7.86. The molecule has 2 unspecified atom stereocenters. The monoisotopic (exact) mass is 336 g/mol. The maximum absolute atomic E-state index is 6.18. The van der Waals surface area contributed by atoms with Gasteiger partial charge >= 0.3 is 0 Å². The number of alkyl halides is 1. The lowest BCUT2D eigenvalue weighted by Crippen LogP contribution is -2.29. The second-order valence-corrected chi connectivity index (χ2v) is 7.13. The van der Waals surface area contributed by atoms with E-state index >= 15 is 0 Å². The van der Waals surface area contributed by atoms with Gasteiger partial charge < -0.3 is 4.74 Å². The zero-order valence-electron chi connectivity index (χ0n) is 10.3. The Bertz CT molecular complexity index is 187. The molecule has 2 aliphatic carbocycles. The maximum atomic E-state index is 6.18. The molecule has 0 aliphatic heterocycles. The number of hydrogen-bond donors (Lipinski definition) is 0. The third kappa shape index (κ3) is 4.17. The molecule has 0 saturated heterocycles. The summed E-state index contributed by atoms with van der Waals surface area (Å²) in [6.07, 6.45) is 14.7. The SMILES string of the molecule is IC1CCCCC1OCC1CCCCCC1. The van der Waals surface area contributed by atoms with Crippen molar-refractivity contribution in [2.24, 2.45) is 5.92 Å². The Balaban J connectivity index is 1.68. The summed E-state index contributed by atoms with van der Waals surface area (Å²) in [5.74, 6) is 0.869. The van der Waals surface area contributed by atoms with Crippen molar-refractivity contribution in [1.29, 1.82) is 0 Å². The highest BCUT2D eigenvalue weighted by atomic mass is 127. The van der Waals surface area contributed by atoms with E-state index in [9.17, 15) is 0 Å². The molecule has 2 heteroatoms. The molecule has 1 nitrogen and oxygen atoms in total. The Morgan fingerprint density at radius 3 is 2.12 bits per heavy atom. The van der Waals surface area contributed by atoms with Gasteiger partial charge in [-0.25, -0.2) is 0 Å². The van der Waals surface area contributed by atoms with Crippen molar-refractivity contribution >= 4 is 22.6 Å². The number of halogens is 1. The fourth-order valence-corrected chi connectivity index (χ4v) is 4.04. The predicted octanol–water partition coefficient (Wildman–Crippen LogP) is 4.72. The van der Waals surface area contributed by atoms with Crippen molar-refractivity contribution in [2.45, 2.75) is 74.2 Å². The third-order valence-electron chi connectivity index (χ3n) is 4.14. The molecule has 0 radical (unpaired) electrons. The molecule has 0 N–H and O–H groups in total. The third-order valence-corrected chi connectivity index (χ3v) is 5.57. The molecular weight excluding hydrogens is 311 g/mol. The van der Waals surface area contributed by atoms with Crippen molar-refractivity contribution in [1.82, 2.24) is 0 Å². The van der Waals surface area contributed by atoms with Crippen molar-refractivity contribution in [3.05, 3.63) is 0 Å². The molecule has 94 valence electrons. The molecular formula is C14H25IO. The highest BCUT2D eigenvalue weighted by molar-refractivity contribution is 14.1. The molecule has 16 heavy (non-hydrogen) atoms. The molecule has 0 bridgehead atoms. The first-order valence-corrected chi connectivity index (χ1v) is 8.36. The summed E-state index contributed by atoms with van der Waals surface area (Å²) in [5.41, 5.74) is 0. The van der Waals surface area contributed by atoms with Crippen LogP contribution in [0.25, 0.3) is 0 Å². The summed E-state index contributed by atoms with van der Waals surface area (Å²) in [5, 5.41) is 0. The summed E-state index contributed by atoms with van der Waals surface area (Å²) in [7, 11) is 0. The smallest absolute Gasteiger partial charge is 0.0692 e. The fourth-order valence-electron chi connectivity index (χ4n) is 3.03. The first kappa shape index (κ1) is 13.1. The van der Waals surface area contributed by atoms with Crippen LogP contribution in [-0.4, -0.2) is 16.6 Å². The molecule has 0 aromatic heterocycles. The highest BCUT2D eigenvalue weighted by Crippen LogP contribution is 2.29. The lowest BCUT2D eigenvalue weighted by Gasteiger charge is -2.29. The van der Waals surface area contributed by atoms with Crippen molar-refractivity contribution < 1.29 is 4.74 Å². The standard InChI is InChI=1S/C14H25IO/c15-13-9-5-6-10-14(13)16-11-12-7-3-1-2-4-8-12/h12-14H,1-11H2. The zero-order valence-corrected chi connectivity index (χ0v) is 12.5. The van der Waals surface area contributed by atoms with Crippen molar-refractivity contribution in [2.75, 3.05) is 6.61 Å². The second kappa shape index (κ2) is 7.20. The van der Waals surface area contributed by atoms with Crippen LogP contribution in [-0.2, 0) is 4.74 Å². The molecule has 0 aromatic carbocycles. The van der Waals surface area contributed by atoms with Crippen molar-refractivity contribution in [3.8, 4) is 0 Å². The average molecular weight is 336 g/mol. The summed E-state index contributed by atoms with van der Waals surface area (Å²) in [4.78, 5) is 0. The molecule has 0 spiro atoms. The molecule has 0 amide bonds. The van der Waals surface area contributed by atoms with Crippen LogP contribution < -0.4 is 0 Å². The summed E-state index contributed by atoms with van der Waals surface area (Å²) in [6.45, 7) is 1.05. The van der Waals surface area contributed by atoms with Gasteiger partial charge in [0.15, 0.2) is 0 Å². The van der Waals surface area contributed by atoms with Gasteiger partial charge in [-0.3, -0.25) is 0 Å². The van der Waals surface area contributed by atoms with E-state index in [4.69, 9.17) is 4.74 Å². The van der Waals surface area contributed by atoms with E-state index in [0.717, 1.165) is 16.4 Å². The molecule has 2 atom stereocenters. The number of ether oxygens (including phenoxy) is 1. The minimum atomic E-state index is 0.567. The summed E-state index contributed by atoms with van der Waals surface area (Å²) >= 11 is 2.60. The first-order valence-electron chi connectivity index (χ1n) is 7.12. The van der Waals surface area contributed by atoms with E-state index in [1.165, 1.54) is 64.2 Å². The van der Waals surface area contributed by atoms with Crippen molar-refractivity contribution in [3.63, 3.8) is 0 Å². The Labute approximate surface area is 114 Å². The second-order valence-electron chi connectivity index (χ2n) is 5.53. The van der Waals surface area contributed by atoms with Gasteiger partial charge in [0, 0.05) is 10.5 Å². The average Bonchev–Trinajstić information content (AvgIpc) is 2.56. The number of rotatable bonds is 3. The van der Waals surface area contributed by atoms with Gasteiger partial charge in [0.05, 0.1) is 6.10 Å². The molecule has 2 fully saturated rings. The quantitative estimate of drug-likeness (QED) is 0.412. The van der Waals surface area contributed by atoms with Gasteiger partial charge in [0.2, 0.25) is 0 Å². The van der Waals surface area contributed by atoms with E-state index in [-0.39, 0.29) is 0 Å². The van der Waals surface area contributed by atoms with Gasteiger partial charge in [-0.2, -0.15) is 0 Å². The Morgan fingerprint density at radius 1 is 0.812 bits per heavy atom. The van der Waals surface area contributed by atoms with Crippen LogP contribution in [0.2, 0.25) is 0 Å². The van der Waals surface area contributed by atoms with Crippen LogP contribution in [0, 0.1) is 5.92 Å². The fraction of sp³-hybridized carbons (Fsp3) is 1.00. The van der Waals surface area contributed by atoms with Gasteiger partial charge in [0.1, 0.15) is 0 Å². The van der Waals surface area contributed by atoms with E-state index in [0.29, 0.717) is 6.10 Å². The van der Waals surface area contributed by atoms with E-state index < -0.39 is 0 Å².